The van der Waals surface area contributed by atoms with Crippen molar-refractivity contribution >= 4 is 33.7 Å². The van der Waals surface area contributed by atoms with Gasteiger partial charge in [0.1, 0.15) is 23.3 Å². The van der Waals surface area contributed by atoms with Crippen molar-refractivity contribution in [2.75, 3.05) is 5.73 Å². The summed E-state index contributed by atoms with van der Waals surface area (Å²) < 4.78 is 1.84. The minimum atomic E-state index is 0.241. The molecule has 3 aromatic heterocycles. The minimum Gasteiger partial charge on any atom is -0.383 e. The molecule has 0 bridgehead atoms. The predicted molar refractivity (Wildman–Crippen MR) is 94.5 cm³/mol. The van der Waals surface area contributed by atoms with E-state index in [4.69, 9.17) is 5.73 Å². The highest BCUT2D eigenvalue weighted by Crippen LogP contribution is 2.38. The minimum absolute atomic E-state index is 0.241. The molecule has 0 unspecified atom stereocenters. The molecular weight excluding hydrogens is 322 g/mol. The van der Waals surface area contributed by atoms with Crippen molar-refractivity contribution in [2.45, 2.75) is 6.54 Å². The van der Waals surface area contributed by atoms with E-state index < -0.39 is 0 Å². The first kappa shape index (κ1) is 14.5. The molecule has 0 aliphatic carbocycles. The smallest absolute Gasteiger partial charge is 0.139 e. The number of anilines is 1. The first-order valence-corrected chi connectivity index (χ1v) is 8.14. The second-order valence-corrected chi connectivity index (χ2v) is 6.25. The van der Waals surface area contributed by atoms with E-state index in [1.165, 1.54) is 17.7 Å². The molecule has 0 aliphatic heterocycles. The van der Waals surface area contributed by atoms with Crippen molar-refractivity contribution < 1.29 is 4.79 Å². The van der Waals surface area contributed by atoms with E-state index in [2.05, 4.69) is 15.0 Å². The number of nitrogen functional groups attached to an aromatic ring is 1. The van der Waals surface area contributed by atoms with Gasteiger partial charge in [0.05, 0.1) is 34.5 Å². The van der Waals surface area contributed by atoms with Crippen LogP contribution in [0.5, 0.6) is 0 Å². The molecule has 0 aliphatic rings. The first-order chi connectivity index (χ1) is 11.8. The number of fused-ring (bicyclic) bond motifs is 1. The molecule has 2 N–H and O–H groups in total. The molecule has 0 spiro atoms. The van der Waals surface area contributed by atoms with Crippen molar-refractivity contribution in [3.05, 3.63) is 49.1 Å². The Morgan fingerprint density at radius 3 is 2.75 bits per heavy atom. The molecule has 6 nitrogen and oxygen atoms in total. The fourth-order valence-corrected chi connectivity index (χ4v) is 3.73. The molecule has 24 heavy (non-hydrogen) atoms. The Hall–Kier alpha value is -3.06. The van der Waals surface area contributed by atoms with Gasteiger partial charge in [-0.2, -0.15) is 0 Å². The number of imidazole rings is 1. The van der Waals surface area contributed by atoms with E-state index in [1.54, 1.807) is 6.33 Å². The van der Waals surface area contributed by atoms with Crippen LogP contribution in [0, 0.1) is 0 Å². The number of aldehydes is 1. The summed E-state index contributed by atoms with van der Waals surface area (Å²) >= 11 is 1.51. The van der Waals surface area contributed by atoms with Gasteiger partial charge >= 0.3 is 0 Å². The first-order valence-electron chi connectivity index (χ1n) is 7.32. The van der Waals surface area contributed by atoms with Crippen LogP contribution in [-0.4, -0.2) is 25.8 Å². The molecule has 0 amide bonds. The van der Waals surface area contributed by atoms with Crippen LogP contribution < -0.4 is 5.73 Å². The van der Waals surface area contributed by atoms with Gasteiger partial charge in [0.25, 0.3) is 0 Å². The standard InChI is InChI=1S/C17H13N5OS/c18-16-12-8-13(24-17(12)20-9-19-16)15-14(11-4-2-1-3-5-11)21-10-22(15)6-7-23/h1-5,7-10H,6H2,(H2,18,19,20). The van der Waals surface area contributed by atoms with E-state index in [9.17, 15) is 4.79 Å². The molecule has 3 heterocycles. The number of aromatic nitrogens is 4. The Morgan fingerprint density at radius 2 is 2.00 bits per heavy atom. The molecule has 4 aromatic rings. The SMILES string of the molecule is Nc1ncnc2sc(-c3c(-c4ccccc4)ncn3CC=O)cc12. The van der Waals surface area contributed by atoms with E-state index in [0.717, 1.165) is 38.3 Å². The van der Waals surface area contributed by atoms with Crippen molar-refractivity contribution in [3.8, 4) is 21.8 Å². The zero-order chi connectivity index (χ0) is 16.5. The van der Waals surface area contributed by atoms with Gasteiger partial charge in [0.15, 0.2) is 0 Å². The van der Waals surface area contributed by atoms with Crippen molar-refractivity contribution in [1.29, 1.82) is 0 Å². The van der Waals surface area contributed by atoms with Gasteiger partial charge in [0, 0.05) is 5.56 Å². The van der Waals surface area contributed by atoms with Crippen LogP contribution in [0.4, 0.5) is 5.82 Å². The molecule has 1 aromatic carbocycles. The number of carbonyl (C=O) groups is 1. The highest BCUT2D eigenvalue weighted by atomic mass is 32.1. The molecule has 7 heteroatoms. The van der Waals surface area contributed by atoms with Gasteiger partial charge < -0.3 is 15.1 Å². The predicted octanol–water partition coefficient (Wildman–Crippen LogP) is 3.00. The summed E-state index contributed by atoms with van der Waals surface area (Å²) in [6.45, 7) is 0.241. The maximum atomic E-state index is 11.0. The lowest BCUT2D eigenvalue weighted by Crippen LogP contribution is -1.99. The third-order valence-electron chi connectivity index (χ3n) is 3.75. The molecule has 0 radical (unpaired) electrons. The largest absolute Gasteiger partial charge is 0.383 e. The van der Waals surface area contributed by atoms with E-state index in [0.29, 0.717) is 5.82 Å². The molecular formula is C17H13N5OS. The third-order valence-corrected chi connectivity index (χ3v) is 4.80. The fraction of sp³-hybridized carbons (Fsp3) is 0.0588. The Morgan fingerprint density at radius 1 is 1.17 bits per heavy atom. The van der Waals surface area contributed by atoms with Gasteiger partial charge in [-0.05, 0) is 6.07 Å². The number of nitrogens with zero attached hydrogens (tertiary/aromatic N) is 4. The highest BCUT2D eigenvalue weighted by Gasteiger charge is 2.18. The van der Waals surface area contributed by atoms with Crippen LogP contribution >= 0.6 is 11.3 Å². The van der Waals surface area contributed by atoms with Crippen molar-refractivity contribution in [1.82, 2.24) is 19.5 Å². The number of hydrogen-bond donors (Lipinski definition) is 1. The van der Waals surface area contributed by atoms with Crippen molar-refractivity contribution in [2.24, 2.45) is 0 Å². The molecule has 0 saturated carbocycles. The lowest BCUT2D eigenvalue weighted by atomic mass is 10.1. The highest BCUT2D eigenvalue weighted by molar-refractivity contribution is 7.21. The Labute approximate surface area is 141 Å². The van der Waals surface area contributed by atoms with Gasteiger partial charge in [-0.25, -0.2) is 15.0 Å². The second-order valence-electron chi connectivity index (χ2n) is 5.22. The quantitative estimate of drug-likeness (QED) is 0.579. The van der Waals surface area contributed by atoms with E-state index >= 15 is 0 Å². The fourth-order valence-electron chi connectivity index (χ4n) is 2.66. The molecule has 0 fully saturated rings. The van der Waals surface area contributed by atoms with E-state index in [1.807, 2.05) is 41.0 Å². The average molecular weight is 335 g/mol. The maximum Gasteiger partial charge on any atom is 0.139 e. The summed E-state index contributed by atoms with van der Waals surface area (Å²) in [5, 5.41) is 0.815. The third kappa shape index (κ3) is 2.35. The molecule has 118 valence electrons. The zero-order valence-corrected chi connectivity index (χ0v) is 13.4. The van der Waals surface area contributed by atoms with Crippen molar-refractivity contribution in [3.63, 3.8) is 0 Å². The summed E-state index contributed by atoms with van der Waals surface area (Å²) in [6, 6.07) is 11.8. The van der Waals surface area contributed by atoms with Crippen LogP contribution in [0.15, 0.2) is 49.1 Å². The average Bonchev–Trinajstić information content (AvgIpc) is 3.20. The summed E-state index contributed by atoms with van der Waals surface area (Å²) in [5.41, 5.74) is 8.65. The summed E-state index contributed by atoms with van der Waals surface area (Å²) in [6.07, 6.45) is 4.01. The Kier molecular flexibility index (Phi) is 3.55. The summed E-state index contributed by atoms with van der Waals surface area (Å²) in [4.78, 5) is 25.6. The number of nitrogens with two attached hydrogens (primary N) is 1. The lowest BCUT2D eigenvalue weighted by Gasteiger charge is -2.05. The van der Waals surface area contributed by atoms with Gasteiger partial charge in [0.2, 0.25) is 0 Å². The number of rotatable bonds is 4. The van der Waals surface area contributed by atoms with Crippen LogP contribution in [0.3, 0.4) is 0 Å². The topological polar surface area (TPSA) is 86.7 Å². The maximum absolute atomic E-state index is 11.0. The van der Waals surface area contributed by atoms with Crippen LogP contribution in [-0.2, 0) is 11.3 Å². The van der Waals surface area contributed by atoms with Crippen LogP contribution in [0.25, 0.3) is 32.0 Å². The summed E-state index contributed by atoms with van der Waals surface area (Å²) in [7, 11) is 0. The lowest BCUT2D eigenvalue weighted by molar-refractivity contribution is -0.108. The van der Waals surface area contributed by atoms with Gasteiger partial charge in [-0.15, -0.1) is 11.3 Å². The van der Waals surface area contributed by atoms with Gasteiger partial charge in [-0.3, -0.25) is 0 Å². The number of thiophene rings is 1. The zero-order valence-electron chi connectivity index (χ0n) is 12.6. The Bertz CT molecular complexity index is 1020. The second kappa shape index (κ2) is 5.86. The van der Waals surface area contributed by atoms with Crippen LogP contribution in [0.2, 0.25) is 0 Å². The summed E-state index contributed by atoms with van der Waals surface area (Å²) in [5.74, 6) is 0.449. The molecule has 0 saturated heterocycles. The molecule has 4 rings (SSSR count). The van der Waals surface area contributed by atoms with Gasteiger partial charge in [-0.1, -0.05) is 30.3 Å². The monoisotopic (exact) mass is 335 g/mol. The van der Waals surface area contributed by atoms with Crippen LogP contribution in [0.1, 0.15) is 0 Å². The number of hydrogen-bond acceptors (Lipinski definition) is 6. The Balaban J connectivity index is 1.96. The number of carbonyl (C=O) groups excluding carboxylic acids is 1. The number of benzene rings is 1. The van der Waals surface area contributed by atoms with E-state index in [-0.39, 0.29) is 6.54 Å². The molecule has 0 atom stereocenters. The normalized spacial score (nSPS) is 11.0.